The summed E-state index contributed by atoms with van der Waals surface area (Å²) in [5, 5.41) is 4.91. The number of benzene rings is 1. The van der Waals surface area contributed by atoms with Gasteiger partial charge < -0.3 is 15.8 Å². The highest BCUT2D eigenvalue weighted by molar-refractivity contribution is 7.09. The molecule has 0 unspecified atom stereocenters. The Labute approximate surface area is 127 Å². The minimum Gasteiger partial charge on any atom is -0.406 e. The van der Waals surface area contributed by atoms with Crippen LogP contribution in [0.5, 0.6) is 5.75 Å². The zero-order valence-electron chi connectivity index (χ0n) is 11.1. The summed E-state index contributed by atoms with van der Waals surface area (Å²) in [5.41, 5.74) is 5.91. The molecule has 1 aromatic carbocycles. The number of alkyl halides is 3. The van der Waals surface area contributed by atoms with Crippen molar-refractivity contribution in [3.05, 3.63) is 40.8 Å². The number of halogens is 3. The number of nitrogens with zero attached hydrogens (tertiary/aromatic N) is 1. The second-order valence-corrected chi connectivity index (χ2v) is 5.28. The summed E-state index contributed by atoms with van der Waals surface area (Å²) in [7, 11) is 0. The second kappa shape index (κ2) is 6.75. The lowest BCUT2D eigenvalue weighted by Crippen LogP contribution is -2.37. The minimum absolute atomic E-state index is 0.168. The molecule has 2 aromatic rings. The average molecular weight is 331 g/mol. The van der Waals surface area contributed by atoms with Crippen LogP contribution in [-0.2, 0) is 11.2 Å². The Morgan fingerprint density at radius 3 is 2.86 bits per heavy atom. The number of rotatable bonds is 5. The van der Waals surface area contributed by atoms with Crippen LogP contribution in [0, 0.1) is 0 Å². The van der Waals surface area contributed by atoms with Crippen LogP contribution in [0.1, 0.15) is 5.01 Å². The van der Waals surface area contributed by atoms with Gasteiger partial charge in [-0.15, -0.1) is 24.5 Å². The lowest BCUT2D eigenvalue weighted by atomic mass is 10.2. The molecule has 0 aliphatic rings. The van der Waals surface area contributed by atoms with Gasteiger partial charge in [0, 0.05) is 29.8 Å². The Hall–Kier alpha value is -2.13. The van der Waals surface area contributed by atoms with E-state index in [1.165, 1.54) is 23.5 Å². The first-order valence-corrected chi connectivity index (χ1v) is 7.02. The first-order valence-electron chi connectivity index (χ1n) is 6.14. The molecule has 1 aromatic heterocycles. The van der Waals surface area contributed by atoms with Crippen molar-refractivity contribution in [3.63, 3.8) is 0 Å². The number of nitrogens with one attached hydrogen (secondary N) is 1. The van der Waals surface area contributed by atoms with Crippen molar-refractivity contribution >= 4 is 22.9 Å². The van der Waals surface area contributed by atoms with Gasteiger partial charge in [0.25, 0.3) is 0 Å². The highest BCUT2D eigenvalue weighted by Gasteiger charge is 2.31. The maximum absolute atomic E-state index is 12.1. The smallest absolute Gasteiger partial charge is 0.406 e. The molecule has 0 aliphatic heterocycles. The third kappa shape index (κ3) is 5.01. The van der Waals surface area contributed by atoms with Gasteiger partial charge in [-0.1, -0.05) is 6.07 Å². The van der Waals surface area contributed by atoms with E-state index in [4.69, 9.17) is 5.73 Å². The molecular formula is C13H12F3N3O2S. The van der Waals surface area contributed by atoms with Crippen LogP contribution in [0.15, 0.2) is 35.8 Å². The molecule has 0 fully saturated rings. The van der Waals surface area contributed by atoms with E-state index in [0.717, 1.165) is 12.1 Å². The zero-order valence-corrected chi connectivity index (χ0v) is 11.9. The Balaban J connectivity index is 1.97. The van der Waals surface area contributed by atoms with E-state index in [2.05, 4.69) is 15.0 Å². The Bertz CT molecular complexity index is 632. The van der Waals surface area contributed by atoms with Crippen LogP contribution in [0.25, 0.3) is 0 Å². The second-order valence-electron chi connectivity index (χ2n) is 4.30. The fourth-order valence-electron chi connectivity index (χ4n) is 1.64. The molecule has 3 N–H and O–H groups in total. The molecule has 1 atom stereocenters. The topological polar surface area (TPSA) is 77.2 Å². The lowest BCUT2D eigenvalue weighted by Gasteiger charge is -2.13. The van der Waals surface area contributed by atoms with Crippen LogP contribution in [0.4, 0.5) is 18.9 Å². The van der Waals surface area contributed by atoms with Crippen LogP contribution < -0.4 is 15.8 Å². The normalized spacial score (nSPS) is 12.7. The largest absolute Gasteiger partial charge is 0.573 e. The molecule has 118 valence electrons. The molecular weight excluding hydrogens is 319 g/mol. The maximum atomic E-state index is 12.1. The Morgan fingerprint density at radius 2 is 2.23 bits per heavy atom. The van der Waals surface area contributed by atoms with Gasteiger partial charge in [0.1, 0.15) is 5.75 Å². The molecule has 0 radical (unpaired) electrons. The monoisotopic (exact) mass is 331 g/mol. The first-order chi connectivity index (χ1) is 10.3. The van der Waals surface area contributed by atoms with Crippen molar-refractivity contribution < 1.29 is 22.7 Å². The van der Waals surface area contributed by atoms with E-state index in [-0.39, 0.29) is 12.1 Å². The van der Waals surface area contributed by atoms with Crippen molar-refractivity contribution in [3.8, 4) is 5.75 Å². The molecule has 1 amide bonds. The average Bonchev–Trinajstić information content (AvgIpc) is 2.89. The van der Waals surface area contributed by atoms with Gasteiger partial charge in [0.15, 0.2) is 0 Å². The van der Waals surface area contributed by atoms with Crippen molar-refractivity contribution in [2.45, 2.75) is 18.8 Å². The van der Waals surface area contributed by atoms with E-state index < -0.39 is 24.1 Å². The molecule has 0 saturated heterocycles. The quantitative estimate of drug-likeness (QED) is 0.883. The van der Waals surface area contributed by atoms with E-state index >= 15 is 0 Å². The van der Waals surface area contributed by atoms with Gasteiger partial charge in [0.05, 0.1) is 11.0 Å². The fraction of sp³-hybridized carbons (Fsp3) is 0.231. The lowest BCUT2D eigenvalue weighted by molar-refractivity contribution is -0.274. The van der Waals surface area contributed by atoms with Crippen LogP contribution in [-0.4, -0.2) is 23.3 Å². The minimum atomic E-state index is -4.79. The SMILES string of the molecule is N[C@@H](Cc1nccs1)C(=O)Nc1cccc(OC(F)(F)F)c1. The number of hydrogen-bond acceptors (Lipinski definition) is 5. The summed E-state index contributed by atoms with van der Waals surface area (Å²) in [6.07, 6.45) is -2.94. The summed E-state index contributed by atoms with van der Waals surface area (Å²) in [6, 6.07) is 4.14. The Morgan fingerprint density at radius 1 is 1.45 bits per heavy atom. The molecule has 0 bridgehead atoms. The summed E-state index contributed by atoms with van der Waals surface area (Å²) < 4.78 is 40.2. The van der Waals surface area contributed by atoms with Crippen molar-refractivity contribution in [1.29, 1.82) is 0 Å². The summed E-state index contributed by atoms with van der Waals surface area (Å²) >= 11 is 1.37. The molecule has 9 heteroatoms. The third-order valence-corrected chi connectivity index (χ3v) is 3.35. The third-order valence-electron chi connectivity index (χ3n) is 2.55. The molecule has 5 nitrogen and oxygen atoms in total. The number of aromatic nitrogens is 1. The van der Waals surface area contributed by atoms with Gasteiger partial charge in [-0.25, -0.2) is 4.98 Å². The molecule has 0 saturated carbocycles. The highest BCUT2D eigenvalue weighted by Crippen LogP contribution is 2.25. The van der Waals surface area contributed by atoms with Crippen LogP contribution in [0.2, 0.25) is 0 Å². The number of amides is 1. The molecule has 0 spiro atoms. The predicted octanol–water partition coefficient (Wildman–Crippen LogP) is 2.55. The number of nitrogens with two attached hydrogens (primary N) is 1. The molecule has 1 heterocycles. The van der Waals surface area contributed by atoms with Crippen molar-refractivity contribution in [1.82, 2.24) is 4.98 Å². The number of hydrogen-bond donors (Lipinski definition) is 2. The summed E-state index contributed by atoms with van der Waals surface area (Å²) in [5.74, 6) is -0.932. The van der Waals surface area contributed by atoms with E-state index in [1.807, 2.05) is 0 Å². The Kier molecular flexibility index (Phi) is 4.99. The summed E-state index contributed by atoms with van der Waals surface area (Å²) in [6.45, 7) is 0. The van der Waals surface area contributed by atoms with Crippen LogP contribution in [0.3, 0.4) is 0 Å². The maximum Gasteiger partial charge on any atom is 0.573 e. The predicted molar refractivity (Wildman–Crippen MR) is 75.5 cm³/mol. The van der Waals surface area contributed by atoms with Crippen LogP contribution >= 0.6 is 11.3 Å². The van der Waals surface area contributed by atoms with Gasteiger partial charge in [-0.3, -0.25) is 4.79 Å². The zero-order chi connectivity index (χ0) is 16.2. The number of anilines is 1. The molecule has 22 heavy (non-hydrogen) atoms. The van der Waals surface area contributed by atoms with Gasteiger partial charge in [0.2, 0.25) is 5.91 Å². The van der Waals surface area contributed by atoms with Gasteiger partial charge in [-0.05, 0) is 12.1 Å². The van der Waals surface area contributed by atoms with E-state index in [1.54, 1.807) is 11.6 Å². The molecule has 0 aliphatic carbocycles. The number of ether oxygens (including phenoxy) is 1. The van der Waals surface area contributed by atoms with Crippen molar-refractivity contribution in [2.24, 2.45) is 5.73 Å². The highest BCUT2D eigenvalue weighted by atomic mass is 32.1. The standard InChI is InChI=1S/C13H12F3N3O2S/c14-13(15,16)21-9-3-1-2-8(6-9)19-12(20)10(17)7-11-18-4-5-22-11/h1-6,10H,7,17H2,(H,19,20)/t10-/m0/s1. The van der Waals surface area contributed by atoms with E-state index in [0.29, 0.717) is 5.01 Å². The van der Waals surface area contributed by atoms with Crippen molar-refractivity contribution in [2.75, 3.05) is 5.32 Å². The first kappa shape index (κ1) is 16.2. The molecule has 2 rings (SSSR count). The number of thiazole rings is 1. The summed E-state index contributed by atoms with van der Waals surface area (Å²) in [4.78, 5) is 15.9. The van der Waals surface area contributed by atoms with Gasteiger partial charge in [-0.2, -0.15) is 0 Å². The number of carbonyl (C=O) groups excluding carboxylic acids is 1. The van der Waals surface area contributed by atoms with E-state index in [9.17, 15) is 18.0 Å². The number of carbonyl (C=O) groups is 1. The fourth-order valence-corrected chi connectivity index (χ4v) is 2.32. The van der Waals surface area contributed by atoms with Gasteiger partial charge >= 0.3 is 6.36 Å².